The van der Waals surface area contributed by atoms with Gasteiger partial charge >= 0.3 is 5.97 Å². The minimum Gasteiger partial charge on any atom is -0.481 e. The first-order chi connectivity index (χ1) is 6.20. The van der Waals surface area contributed by atoms with Crippen molar-refractivity contribution in [3.8, 4) is 0 Å². The highest BCUT2D eigenvalue weighted by Gasteiger charge is 2.57. The summed E-state index contributed by atoms with van der Waals surface area (Å²) in [4.78, 5) is 11.1. The zero-order valence-electron chi connectivity index (χ0n) is 7.83. The summed E-state index contributed by atoms with van der Waals surface area (Å²) in [6.45, 7) is 0.323. The van der Waals surface area contributed by atoms with E-state index in [1.54, 1.807) is 0 Å². The van der Waals surface area contributed by atoms with Crippen LogP contribution in [0.5, 0.6) is 0 Å². The van der Waals surface area contributed by atoms with E-state index in [1.165, 1.54) is 19.3 Å². The number of carboxylic acids is 1. The summed E-state index contributed by atoms with van der Waals surface area (Å²) in [6.07, 6.45) is 5.59. The standard InChI is InChI=1S/C10H17NO2/c11-6-10(9(12)13)5-7-3-1-2-4-8(7)10/h7-8H,1-6,11H2,(H,12,13)/t7-,8-,10-/m0/s1. The number of carbonyl (C=O) groups is 1. The predicted molar refractivity (Wildman–Crippen MR) is 49.2 cm³/mol. The van der Waals surface area contributed by atoms with Crippen LogP contribution in [0.1, 0.15) is 32.1 Å². The highest BCUT2D eigenvalue weighted by atomic mass is 16.4. The van der Waals surface area contributed by atoms with Gasteiger partial charge in [0.2, 0.25) is 0 Å². The number of hydrogen-bond donors (Lipinski definition) is 2. The third-order valence-electron chi connectivity index (χ3n) is 4.04. The number of fused-ring (bicyclic) bond motifs is 1. The monoisotopic (exact) mass is 183 g/mol. The first-order valence-electron chi connectivity index (χ1n) is 5.14. The lowest BCUT2D eigenvalue weighted by molar-refractivity contribution is -0.170. The minimum atomic E-state index is -0.668. The van der Waals surface area contributed by atoms with Gasteiger partial charge in [0, 0.05) is 6.54 Å². The average molecular weight is 183 g/mol. The van der Waals surface area contributed by atoms with Crippen LogP contribution in [0.4, 0.5) is 0 Å². The van der Waals surface area contributed by atoms with Gasteiger partial charge in [-0.2, -0.15) is 0 Å². The van der Waals surface area contributed by atoms with Gasteiger partial charge in [0.1, 0.15) is 0 Å². The van der Waals surface area contributed by atoms with E-state index in [0.29, 0.717) is 18.4 Å². The number of carboxylic acid groups (broad SMARTS) is 1. The van der Waals surface area contributed by atoms with E-state index in [0.717, 1.165) is 12.8 Å². The van der Waals surface area contributed by atoms with Gasteiger partial charge in [0.25, 0.3) is 0 Å². The molecule has 2 aliphatic rings. The van der Waals surface area contributed by atoms with Crippen molar-refractivity contribution in [1.82, 2.24) is 0 Å². The number of hydrogen-bond acceptors (Lipinski definition) is 2. The summed E-state index contributed by atoms with van der Waals surface area (Å²) in [5, 5.41) is 9.14. The molecule has 0 heterocycles. The van der Waals surface area contributed by atoms with Crippen molar-refractivity contribution in [3.05, 3.63) is 0 Å². The van der Waals surface area contributed by atoms with Crippen LogP contribution in [0.25, 0.3) is 0 Å². The molecule has 2 saturated carbocycles. The van der Waals surface area contributed by atoms with Gasteiger partial charge in [-0.25, -0.2) is 0 Å². The van der Waals surface area contributed by atoms with E-state index in [4.69, 9.17) is 10.8 Å². The van der Waals surface area contributed by atoms with Crippen LogP contribution >= 0.6 is 0 Å². The number of rotatable bonds is 2. The summed E-state index contributed by atoms with van der Waals surface area (Å²) in [5.41, 5.74) is 5.05. The van der Waals surface area contributed by atoms with Crippen molar-refractivity contribution in [2.24, 2.45) is 23.0 Å². The zero-order valence-corrected chi connectivity index (χ0v) is 7.83. The van der Waals surface area contributed by atoms with Crippen LogP contribution < -0.4 is 5.73 Å². The topological polar surface area (TPSA) is 63.3 Å². The molecule has 3 atom stereocenters. The molecule has 0 amide bonds. The Bertz CT molecular complexity index is 229. The minimum absolute atomic E-state index is 0.323. The molecule has 0 aromatic rings. The van der Waals surface area contributed by atoms with Crippen molar-refractivity contribution in [2.75, 3.05) is 6.54 Å². The molecule has 0 aromatic heterocycles. The number of nitrogens with two attached hydrogens (primary N) is 1. The van der Waals surface area contributed by atoms with Crippen LogP contribution in [0, 0.1) is 17.3 Å². The van der Waals surface area contributed by atoms with Gasteiger partial charge < -0.3 is 10.8 Å². The normalized spacial score (nSPS) is 43.5. The van der Waals surface area contributed by atoms with E-state index in [-0.39, 0.29) is 0 Å². The average Bonchev–Trinajstić information content (AvgIpc) is 2.07. The summed E-state index contributed by atoms with van der Waals surface area (Å²) in [6, 6.07) is 0. The Morgan fingerprint density at radius 3 is 2.69 bits per heavy atom. The van der Waals surface area contributed by atoms with Gasteiger partial charge in [-0.05, 0) is 24.7 Å². The summed E-state index contributed by atoms with van der Waals surface area (Å²) in [7, 11) is 0. The maximum absolute atomic E-state index is 11.1. The Kier molecular flexibility index (Phi) is 2.06. The van der Waals surface area contributed by atoms with Crippen molar-refractivity contribution in [1.29, 1.82) is 0 Å². The lowest BCUT2D eigenvalue weighted by Gasteiger charge is -2.54. The predicted octanol–water partition coefficient (Wildman–Crippen LogP) is 1.23. The van der Waals surface area contributed by atoms with Crippen LogP contribution in [0.3, 0.4) is 0 Å². The van der Waals surface area contributed by atoms with E-state index >= 15 is 0 Å². The Balaban J connectivity index is 2.12. The molecule has 0 aromatic carbocycles. The molecule has 13 heavy (non-hydrogen) atoms. The maximum atomic E-state index is 11.1. The highest BCUT2D eigenvalue weighted by Crippen LogP contribution is 2.57. The number of aliphatic carboxylic acids is 1. The van der Waals surface area contributed by atoms with Crippen LogP contribution in [-0.4, -0.2) is 17.6 Å². The molecule has 0 bridgehead atoms. The van der Waals surface area contributed by atoms with Gasteiger partial charge in [0.15, 0.2) is 0 Å². The van der Waals surface area contributed by atoms with Gasteiger partial charge in [0.05, 0.1) is 5.41 Å². The maximum Gasteiger partial charge on any atom is 0.311 e. The first-order valence-corrected chi connectivity index (χ1v) is 5.14. The van der Waals surface area contributed by atoms with E-state index in [1.807, 2.05) is 0 Å². The van der Waals surface area contributed by atoms with Crippen LogP contribution in [0.15, 0.2) is 0 Å². The second-order valence-electron chi connectivity index (χ2n) is 4.52. The molecule has 2 rings (SSSR count). The third-order valence-corrected chi connectivity index (χ3v) is 4.04. The Hall–Kier alpha value is -0.570. The smallest absolute Gasteiger partial charge is 0.311 e. The van der Waals surface area contributed by atoms with Crippen LogP contribution in [0.2, 0.25) is 0 Å². The molecule has 74 valence electrons. The summed E-state index contributed by atoms with van der Waals surface area (Å²) >= 11 is 0. The zero-order chi connectivity index (χ0) is 9.47. The Morgan fingerprint density at radius 2 is 2.15 bits per heavy atom. The molecule has 0 radical (unpaired) electrons. The Morgan fingerprint density at radius 1 is 1.46 bits per heavy atom. The molecule has 3 N–H and O–H groups in total. The molecule has 3 nitrogen and oxygen atoms in total. The molecule has 2 fully saturated rings. The first kappa shape index (κ1) is 9.00. The van der Waals surface area contributed by atoms with Crippen LogP contribution in [-0.2, 0) is 4.79 Å². The van der Waals surface area contributed by atoms with Crippen molar-refractivity contribution >= 4 is 5.97 Å². The molecule has 0 saturated heterocycles. The van der Waals surface area contributed by atoms with Gasteiger partial charge in [-0.3, -0.25) is 4.79 Å². The highest BCUT2D eigenvalue weighted by molar-refractivity contribution is 5.77. The summed E-state index contributed by atoms with van der Waals surface area (Å²) < 4.78 is 0. The molecular weight excluding hydrogens is 166 g/mol. The molecule has 0 spiro atoms. The fraction of sp³-hybridized carbons (Fsp3) is 0.900. The van der Waals surface area contributed by atoms with Crippen molar-refractivity contribution in [3.63, 3.8) is 0 Å². The fourth-order valence-electron chi connectivity index (χ4n) is 3.21. The van der Waals surface area contributed by atoms with Crippen molar-refractivity contribution < 1.29 is 9.90 Å². The van der Waals surface area contributed by atoms with Crippen molar-refractivity contribution in [2.45, 2.75) is 32.1 Å². The quantitative estimate of drug-likeness (QED) is 0.676. The third kappa shape index (κ3) is 1.10. The molecule has 2 aliphatic carbocycles. The van der Waals surface area contributed by atoms with E-state index in [2.05, 4.69) is 0 Å². The lowest BCUT2D eigenvalue weighted by Crippen LogP contribution is -2.58. The largest absolute Gasteiger partial charge is 0.481 e. The van der Waals surface area contributed by atoms with Gasteiger partial charge in [-0.1, -0.05) is 19.3 Å². The Labute approximate surface area is 78.3 Å². The second-order valence-corrected chi connectivity index (χ2v) is 4.52. The molecular formula is C10H17NO2. The van der Waals surface area contributed by atoms with Gasteiger partial charge in [-0.15, -0.1) is 0 Å². The lowest BCUT2D eigenvalue weighted by atomic mass is 9.49. The molecule has 0 unspecified atom stereocenters. The van der Waals surface area contributed by atoms with E-state index in [9.17, 15) is 4.79 Å². The molecule has 3 heteroatoms. The SMILES string of the molecule is NC[C@@]1(C(=O)O)C[C@@H]2CCCC[C@@H]21. The molecule has 0 aliphatic heterocycles. The second kappa shape index (κ2) is 2.98. The van der Waals surface area contributed by atoms with E-state index < -0.39 is 11.4 Å². The fourth-order valence-corrected chi connectivity index (χ4v) is 3.21. The summed E-state index contributed by atoms with van der Waals surface area (Å²) in [5.74, 6) is 0.371.